The first-order valence-corrected chi connectivity index (χ1v) is 9.46. The summed E-state index contributed by atoms with van der Waals surface area (Å²) in [6.45, 7) is 1.29. The summed E-state index contributed by atoms with van der Waals surface area (Å²) >= 11 is 0. The highest BCUT2D eigenvalue weighted by Gasteiger charge is 2.31. The van der Waals surface area contributed by atoms with Crippen molar-refractivity contribution in [3.63, 3.8) is 0 Å². The molecule has 11 nitrogen and oxygen atoms in total. The maximum absolute atomic E-state index is 12.2. The number of nitrogens with one attached hydrogen (secondary N) is 2. The maximum atomic E-state index is 12.2. The van der Waals surface area contributed by atoms with Crippen molar-refractivity contribution in [2.24, 2.45) is 7.05 Å². The number of fused-ring (bicyclic) bond motifs is 1. The molecule has 2 aromatic heterocycles. The topological polar surface area (TPSA) is 152 Å². The maximum Gasteiger partial charge on any atom is 0.264 e. The fourth-order valence-electron chi connectivity index (χ4n) is 3.47. The number of hydrogen-bond acceptors (Lipinski definition) is 8. The summed E-state index contributed by atoms with van der Waals surface area (Å²) in [5.41, 5.74) is 1.85. The number of hydrogen-bond donors (Lipinski definition) is 2. The molecule has 0 aliphatic carbocycles. The van der Waals surface area contributed by atoms with Gasteiger partial charge < -0.3 is 9.26 Å². The zero-order chi connectivity index (χ0) is 22.1. The van der Waals surface area contributed by atoms with Crippen LogP contribution in [-0.4, -0.2) is 39.3 Å². The number of imide groups is 1. The first-order valence-electron chi connectivity index (χ1n) is 9.46. The Hall–Kier alpha value is -4.20. The Bertz CT molecular complexity index is 1250. The minimum Gasteiger partial charge on any atom is -0.484 e. The monoisotopic (exact) mass is 422 g/mol. The van der Waals surface area contributed by atoms with Crippen molar-refractivity contribution in [1.82, 2.24) is 20.3 Å². The van der Waals surface area contributed by atoms with Crippen LogP contribution in [0, 0.1) is 18.3 Å². The average Bonchev–Trinajstić information content (AvgIpc) is 3.25. The molecule has 3 amide bonds. The first-order chi connectivity index (χ1) is 14.9. The lowest BCUT2D eigenvalue weighted by Gasteiger charge is -2.19. The smallest absolute Gasteiger partial charge is 0.264 e. The number of piperidine rings is 1. The molecule has 2 N–H and O–H groups in total. The average molecular weight is 422 g/mol. The Labute approximate surface area is 175 Å². The molecule has 1 atom stereocenters. The zero-order valence-corrected chi connectivity index (χ0v) is 16.8. The second-order valence-corrected chi connectivity index (χ2v) is 7.11. The molecule has 3 heterocycles. The number of aryl methyl sites for hydroxylation is 2. The van der Waals surface area contributed by atoms with Gasteiger partial charge in [-0.05, 0) is 25.5 Å². The highest BCUT2D eigenvalue weighted by Crippen LogP contribution is 2.32. The molecule has 0 bridgehead atoms. The predicted octanol–water partition coefficient (Wildman–Crippen LogP) is 1.28. The Morgan fingerprint density at radius 2 is 2.26 bits per heavy atom. The van der Waals surface area contributed by atoms with Gasteiger partial charge in [0.25, 0.3) is 5.91 Å². The van der Waals surface area contributed by atoms with E-state index in [2.05, 4.69) is 20.9 Å². The van der Waals surface area contributed by atoms with Crippen molar-refractivity contribution in [2.45, 2.75) is 25.7 Å². The van der Waals surface area contributed by atoms with Crippen LogP contribution in [-0.2, 0) is 21.4 Å². The number of nitrogens with zero attached hydrogens (tertiary/aromatic N) is 4. The molecule has 158 valence electrons. The summed E-state index contributed by atoms with van der Waals surface area (Å²) in [4.78, 5) is 35.8. The molecule has 1 aliphatic rings. The van der Waals surface area contributed by atoms with Crippen LogP contribution >= 0.6 is 0 Å². The van der Waals surface area contributed by atoms with E-state index in [-0.39, 0.29) is 36.3 Å². The standard InChI is InChI=1S/C20H18N6O5/c1-10-14(8-21)20(31-25-10)23-17(28)9-30-11-3-4-12-15(7-11)26(2)24-18(12)13-5-6-16(27)22-19(13)29/h3-4,7,13H,5-6,9H2,1-2H3,(H,23,28)(H,22,27,29). The normalized spacial score (nSPS) is 16.1. The van der Waals surface area contributed by atoms with Gasteiger partial charge in [-0.1, -0.05) is 5.16 Å². The lowest BCUT2D eigenvalue weighted by molar-refractivity contribution is -0.134. The Kier molecular flexibility index (Phi) is 5.12. The molecular weight excluding hydrogens is 404 g/mol. The molecule has 31 heavy (non-hydrogen) atoms. The Morgan fingerprint density at radius 3 is 3.00 bits per heavy atom. The third kappa shape index (κ3) is 3.83. The molecule has 4 rings (SSSR count). The van der Waals surface area contributed by atoms with Gasteiger partial charge in [0.15, 0.2) is 6.61 Å². The predicted molar refractivity (Wildman–Crippen MR) is 106 cm³/mol. The van der Waals surface area contributed by atoms with E-state index < -0.39 is 11.8 Å². The molecular formula is C20H18N6O5. The number of nitriles is 1. The molecule has 1 fully saturated rings. The van der Waals surface area contributed by atoms with Crippen molar-refractivity contribution >= 4 is 34.5 Å². The molecule has 0 radical (unpaired) electrons. The van der Waals surface area contributed by atoms with E-state index in [0.717, 1.165) is 10.9 Å². The van der Waals surface area contributed by atoms with E-state index in [9.17, 15) is 14.4 Å². The number of carbonyl (C=O) groups excluding carboxylic acids is 3. The summed E-state index contributed by atoms with van der Waals surface area (Å²) < 4.78 is 12.1. The summed E-state index contributed by atoms with van der Waals surface area (Å²) in [6, 6.07) is 7.07. The Morgan fingerprint density at radius 1 is 1.45 bits per heavy atom. The van der Waals surface area contributed by atoms with E-state index in [0.29, 0.717) is 23.6 Å². The van der Waals surface area contributed by atoms with Gasteiger partial charge in [-0.25, -0.2) is 0 Å². The first kappa shape index (κ1) is 20.1. The largest absolute Gasteiger partial charge is 0.484 e. The van der Waals surface area contributed by atoms with Gasteiger partial charge in [-0.2, -0.15) is 10.4 Å². The zero-order valence-electron chi connectivity index (χ0n) is 16.8. The highest BCUT2D eigenvalue weighted by molar-refractivity contribution is 6.02. The van der Waals surface area contributed by atoms with Crippen molar-refractivity contribution in [3.8, 4) is 11.8 Å². The van der Waals surface area contributed by atoms with Gasteiger partial charge in [-0.3, -0.25) is 29.7 Å². The van der Waals surface area contributed by atoms with Gasteiger partial charge in [0, 0.05) is 24.9 Å². The summed E-state index contributed by atoms with van der Waals surface area (Å²) in [5.74, 6) is -1.25. The molecule has 1 aliphatic heterocycles. The number of benzene rings is 1. The van der Waals surface area contributed by atoms with Crippen LogP contribution in [0.2, 0.25) is 0 Å². The van der Waals surface area contributed by atoms with E-state index in [4.69, 9.17) is 14.5 Å². The van der Waals surface area contributed by atoms with Gasteiger partial charge in [0.1, 0.15) is 23.1 Å². The highest BCUT2D eigenvalue weighted by atomic mass is 16.5. The minimum absolute atomic E-state index is 0.0235. The fourth-order valence-corrected chi connectivity index (χ4v) is 3.47. The SMILES string of the molecule is Cc1noc(NC(=O)COc2ccc3c(C4CCC(=O)NC4=O)nn(C)c3c2)c1C#N. The number of aromatic nitrogens is 3. The third-order valence-electron chi connectivity index (χ3n) is 5.02. The number of rotatable bonds is 5. The second kappa shape index (κ2) is 7.91. The molecule has 11 heteroatoms. The minimum atomic E-state index is -0.512. The van der Waals surface area contributed by atoms with Gasteiger partial charge in [0.05, 0.1) is 17.1 Å². The Balaban J connectivity index is 1.48. The molecule has 1 aromatic carbocycles. The third-order valence-corrected chi connectivity index (χ3v) is 5.02. The number of anilines is 1. The summed E-state index contributed by atoms with van der Waals surface area (Å²) in [6.07, 6.45) is 0.671. The molecule has 1 saturated heterocycles. The van der Waals surface area contributed by atoms with Crippen LogP contribution in [0.15, 0.2) is 22.7 Å². The van der Waals surface area contributed by atoms with Crippen molar-refractivity contribution < 1.29 is 23.6 Å². The van der Waals surface area contributed by atoms with Crippen LogP contribution < -0.4 is 15.4 Å². The lowest BCUT2D eigenvalue weighted by atomic mass is 9.93. The van der Waals surface area contributed by atoms with Crippen LogP contribution in [0.3, 0.4) is 0 Å². The molecule has 1 unspecified atom stereocenters. The lowest BCUT2D eigenvalue weighted by Crippen LogP contribution is -2.39. The van der Waals surface area contributed by atoms with Crippen molar-refractivity contribution in [1.29, 1.82) is 5.26 Å². The number of amides is 3. The van der Waals surface area contributed by atoms with Gasteiger partial charge in [0.2, 0.25) is 17.7 Å². The van der Waals surface area contributed by atoms with Gasteiger partial charge in [-0.15, -0.1) is 0 Å². The van der Waals surface area contributed by atoms with Crippen molar-refractivity contribution in [3.05, 3.63) is 35.2 Å². The number of carbonyl (C=O) groups is 3. The second-order valence-electron chi connectivity index (χ2n) is 7.11. The van der Waals surface area contributed by atoms with Crippen LogP contribution in [0.4, 0.5) is 5.88 Å². The van der Waals surface area contributed by atoms with Crippen LogP contribution in [0.1, 0.15) is 35.7 Å². The number of ether oxygens (including phenoxy) is 1. The van der Waals surface area contributed by atoms with Crippen molar-refractivity contribution in [2.75, 3.05) is 11.9 Å². The fraction of sp³-hybridized carbons (Fsp3) is 0.300. The van der Waals surface area contributed by atoms with Crippen LogP contribution in [0.5, 0.6) is 5.75 Å². The summed E-state index contributed by atoms with van der Waals surface area (Å²) in [7, 11) is 1.74. The molecule has 0 saturated carbocycles. The van der Waals surface area contributed by atoms with E-state index in [1.165, 1.54) is 0 Å². The van der Waals surface area contributed by atoms with Crippen LogP contribution in [0.25, 0.3) is 10.9 Å². The van der Waals surface area contributed by atoms with E-state index in [1.54, 1.807) is 36.9 Å². The molecule has 0 spiro atoms. The van der Waals surface area contributed by atoms with E-state index in [1.807, 2.05) is 6.07 Å². The molecule has 3 aromatic rings. The quantitative estimate of drug-likeness (QED) is 0.583. The summed E-state index contributed by atoms with van der Waals surface area (Å²) in [5, 5.41) is 22.8. The van der Waals surface area contributed by atoms with Gasteiger partial charge >= 0.3 is 0 Å². The van der Waals surface area contributed by atoms with E-state index >= 15 is 0 Å².